The topological polar surface area (TPSA) is 103 Å². The summed E-state index contributed by atoms with van der Waals surface area (Å²) in [4.78, 5) is 12.1. The fraction of sp³-hybridized carbons (Fsp3) is 0.533. The Bertz CT molecular complexity index is 611. The first kappa shape index (κ1) is 20.2. The molecule has 0 heterocycles. The molecule has 0 saturated heterocycles. The summed E-state index contributed by atoms with van der Waals surface area (Å²) in [5, 5.41) is 2.57. The maximum absolute atomic E-state index is 12.1. The molecule has 0 bridgehead atoms. The van der Waals surface area contributed by atoms with Crippen molar-refractivity contribution in [2.75, 3.05) is 46.8 Å². The van der Waals surface area contributed by atoms with Gasteiger partial charge < -0.3 is 19.5 Å². The van der Waals surface area contributed by atoms with Crippen LogP contribution in [0.3, 0.4) is 0 Å². The molecule has 1 rings (SSSR count). The van der Waals surface area contributed by atoms with Gasteiger partial charge in [-0.15, -0.1) is 0 Å². The van der Waals surface area contributed by atoms with Crippen LogP contribution in [0.2, 0.25) is 0 Å². The number of nitrogens with one attached hydrogen (secondary N) is 2. The molecule has 0 aliphatic heterocycles. The van der Waals surface area contributed by atoms with Gasteiger partial charge in [-0.3, -0.25) is 4.79 Å². The van der Waals surface area contributed by atoms with Crippen molar-refractivity contribution in [1.29, 1.82) is 0 Å². The Morgan fingerprint density at radius 1 is 1.04 bits per heavy atom. The number of ether oxygens (including phenoxy) is 3. The third kappa shape index (κ3) is 7.16. The second-order valence-corrected chi connectivity index (χ2v) is 6.84. The van der Waals surface area contributed by atoms with E-state index >= 15 is 0 Å². The number of carbonyl (C=O) groups is 1. The van der Waals surface area contributed by atoms with E-state index in [1.807, 2.05) is 0 Å². The molecular formula is C15H24N2O6S. The second-order valence-electron chi connectivity index (χ2n) is 4.92. The number of hydrogen-bond donors (Lipinski definition) is 2. The van der Waals surface area contributed by atoms with Gasteiger partial charge in [-0.2, -0.15) is 0 Å². The van der Waals surface area contributed by atoms with Gasteiger partial charge in [0.05, 0.1) is 20.0 Å². The lowest BCUT2D eigenvalue weighted by Gasteiger charge is -2.10. The average molecular weight is 360 g/mol. The second kappa shape index (κ2) is 10.1. The van der Waals surface area contributed by atoms with Crippen molar-refractivity contribution >= 4 is 15.9 Å². The zero-order chi connectivity index (χ0) is 18.0. The van der Waals surface area contributed by atoms with E-state index in [1.165, 1.54) is 14.2 Å². The molecule has 0 atom stereocenters. The number of sulfonamides is 1. The summed E-state index contributed by atoms with van der Waals surface area (Å²) >= 11 is 0. The van der Waals surface area contributed by atoms with E-state index in [0.29, 0.717) is 36.6 Å². The van der Waals surface area contributed by atoms with Crippen molar-refractivity contribution in [3.63, 3.8) is 0 Å². The zero-order valence-corrected chi connectivity index (χ0v) is 14.9. The zero-order valence-electron chi connectivity index (χ0n) is 14.1. The van der Waals surface area contributed by atoms with Gasteiger partial charge in [0.2, 0.25) is 10.0 Å². The van der Waals surface area contributed by atoms with Crippen LogP contribution < -0.4 is 19.5 Å². The standard InChI is InChI=1S/C15H24N2O6S/c1-21-7-4-5-17-24(19,20)8-6-16-15(18)12-9-13(22-2)11-14(10-12)23-3/h9-11,17H,4-8H2,1-3H3,(H,16,18). The molecule has 1 aromatic rings. The van der Waals surface area contributed by atoms with Crippen LogP contribution in [-0.4, -0.2) is 61.1 Å². The van der Waals surface area contributed by atoms with E-state index in [2.05, 4.69) is 10.0 Å². The van der Waals surface area contributed by atoms with Gasteiger partial charge >= 0.3 is 0 Å². The highest BCUT2D eigenvalue weighted by Crippen LogP contribution is 2.22. The van der Waals surface area contributed by atoms with Gasteiger partial charge in [0.15, 0.2) is 0 Å². The number of benzene rings is 1. The minimum Gasteiger partial charge on any atom is -0.497 e. The molecule has 24 heavy (non-hydrogen) atoms. The van der Waals surface area contributed by atoms with Crippen LogP contribution in [0.4, 0.5) is 0 Å². The van der Waals surface area contributed by atoms with E-state index in [-0.39, 0.29) is 12.3 Å². The van der Waals surface area contributed by atoms with Crippen molar-refractivity contribution < 1.29 is 27.4 Å². The van der Waals surface area contributed by atoms with E-state index in [1.54, 1.807) is 25.3 Å². The summed E-state index contributed by atoms with van der Waals surface area (Å²) in [7, 11) is 1.09. The number of amides is 1. The van der Waals surface area contributed by atoms with Gasteiger partial charge in [-0.1, -0.05) is 0 Å². The summed E-state index contributed by atoms with van der Waals surface area (Å²) in [5.74, 6) is 0.355. The van der Waals surface area contributed by atoms with Crippen molar-refractivity contribution in [2.24, 2.45) is 0 Å². The van der Waals surface area contributed by atoms with Crippen LogP contribution in [0.25, 0.3) is 0 Å². The molecule has 0 aliphatic carbocycles. The lowest BCUT2D eigenvalue weighted by atomic mass is 10.2. The van der Waals surface area contributed by atoms with Crippen LogP contribution in [0.5, 0.6) is 11.5 Å². The highest BCUT2D eigenvalue weighted by Gasteiger charge is 2.13. The van der Waals surface area contributed by atoms with Crippen molar-refractivity contribution in [2.45, 2.75) is 6.42 Å². The first-order valence-corrected chi connectivity index (χ1v) is 9.04. The van der Waals surface area contributed by atoms with Crippen LogP contribution in [-0.2, 0) is 14.8 Å². The molecule has 0 spiro atoms. The van der Waals surface area contributed by atoms with E-state index in [9.17, 15) is 13.2 Å². The third-order valence-corrected chi connectivity index (χ3v) is 4.50. The molecule has 0 fully saturated rings. The molecule has 0 saturated carbocycles. The first-order chi connectivity index (χ1) is 11.4. The fourth-order valence-electron chi connectivity index (χ4n) is 1.86. The minimum absolute atomic E-state index is 0.00201. The maximum atomic E-state index is 12.1. The Labute approximate surface area is 142 Å². The summed E-state index contributed by atoms with van der Waals surface area (Å²) in [5.41, 5.74) is 0.330. The highest BCUT2D eigenvalue weighted by molar-refractivity contribution is 7.89. The molecule has 1 aromatic carbocycles. The van der Waals surface area contributed by atoms with Gasteiger partial charge in [0.1, 0.15) is 11.5 Å². The summed E-state index contributed by atoms with van der Waals surface area (Å²) in [6.45, 7) is 0.784. The molecule has 0 aromatic heterocycles. The number of hydrogen-bond acceptors (Lipinski definition) is 6. The molecule has 0 radical (unpaired) electrons. The summed E-state index contributed by atoms with van der Waals surface area (Å²) in [6, 6.07) is 4.75. The normalized spacial score (nSPS) is 11.1. The molecule has 8 nitrogen and oxygen atoms in total. The summed E-state index contributed by atoms with van der Waals surface area (Å²) < 4.78 is 41.0. The monoisotopic (exact) mass is 360 g/mol. The Kier molecular flexibility index (Phi) is 8.51. The Morgan fingerprint density at radius 2 is 1.67 bits per heavy atom. The minimum atomic E-state index is -3.44. The van der Waals surface area contributed by atoms with E-state index in [0.717, 1.165) is 0 Å². The molecule has 2 N–H and O–H groups in total. The van der Waals surface area contributed by atoms with Crippen molar-refractivity contribution in [3.05, 3.63) is 23.8 Å². The molecular weight excluding hydrogens is 336 g/mol. The number of rotatable bonds is 11. The predicted octanol–water partition coefficient (Wildman–Crippen LogP) is 0.390. The van der Waals surface area contributed by atoms with Crippen LogP contribution in [0.15, 0.2) is 18.2 Å². The molecule has 1 amide bonds. The highest BCUT2D eigenvalue weighted by atomic mass is 32.2. The third-order valence-electron chi connectivity index (χ3n) is 3.12. The Hall–Kier alpha value is -1.84. The van der Waals surface area contributed by atoms with Gasteiger partial charge in [-0.25, -0.2) is 13.1 Å². The van der Waals surface area contributed by atoms with Gasteiger partial charge in [-0.05, 0) is 18.6 Å². The first-order valence-electron chi connectivity index (χ1n) is 7.39. The van der Waals surface area contributed by atoms with Crippen molar-refractivity contribution in [1.82, 2.24) is 10.0 Å². The average Bonchev–Trinajstić information content (AvgIpc) is 2.57. The van der Waals surface area contributed by atoms with Crippen molar-refractivity contribution in [3.8, 4) is 11.5 Å². The SMILES string of the molecule is COCCCNS(=O)(=O)CCNC(=O)c1cc(OC)cc(OC)c1. The largest absolute Gasteiger partial charge is 0.497 e. The molecule has 0 unspecified atom stereocenters. The maximum Gasteiger partial charge on any atom is 0.251 e. The van der Waals surface area contributed by atoms with E-state index in [4.69, 9.17) is 14.2 Å². The smallest absolute Gasteiger partial charge is 0.251 e. The van der Waals surface area contributed by atoms with Crippen LogP contribution in [0, 0.1) is 0 Å². The van der Waals surface area contributed by atoms with Gasteiger partial charge in [0.25, 0.3) is 5.91 Å². The van der Waals surface area contributed by atoms with Crippen LogP contribution >= 0.6 is 0 Å². The Morgan fingerprint density at radius 3 is 2.21 bits per heavy atom. The Balaban J connectivity index is 2.51. The molecule has 136 valence electrons. The fourth-order valence-corrected chi connectivity index (χ4v) is 2.83. The number of carbonyl (C=O) groups excluding carboxylic acids is 1. The summed E-state index contributed by atoms with van der Waals surface area (Å²) in [6.07, 6.45) is 0.589. The lowest BCUT2D eigenvalue weighted by Crippen LogP contribution is -2.35. The quantitative estimate of drug-likeness (QED) is 0.554. The molecule has 0 aliphatic rings. The molecule has 9 heteroatoms. The van der Waals surface area contributed by atoms with Gasteiger partial charge in [0, 0.05) is 38.4 Å². The van der Waals surface area contributed by atoms with Crippen LogP contribution in [0.1, 0.15) is 16.8 Å². The van der Waals surface area contributed by atoms with E-state index < -0.39 is 15.9 Å². The lowest BCUT2D eigenvalue weighted by molar-refractivity contribution is 0.0955. The predicted molar refractivity (Wildman–Crippen MR) is 90.2 cm³/mol. The number of methoxy groups -OCH3 is 3.